The number of hydrogen-bond donors (Lipinski definition) is 1. The molecule has 0 aliphatic heterocycles. The van der Waals surface area contributed by atoms with Gasteiger partial charge in [-0.1, -0.05) is 78.6 Å². The number of rotatable bonds is 9. The lowest BCUT2D eigenvalue weighted by Gasteiger charge is -2.29. The van der Waals surface area contributed by atoms with Crippen LogP contribution in [0.5, 0.6) is 0 Å². The molecular formula is C20H22N4O3S3. The molecule has 0 aliphatic rings. The van der Waals surface area contributed by atoms with Crippen molar-refractivity contribution in [3.8, 4) is 0 Å². The highest BCUT2D eigenvalue weighted by molar-refractivity contribution is 8.00. The van der Waals surface area contributed by atoms with Gasteiger partial charge in [0.25, 0.3) is 0 Å². The zero-order chi connectivity index (χ0) is 21.6. The number of hydrogen-bond acceptors (Lipinski definition) is 7. The van der Waals surface area contributed by atoms with Crippen LogP contribution < -0.4 is 9.62 Å². The number of benzene rings is 2. The Bertz CT molecular complexity index is 1070. The summed E-state index contributed by atoms with van der Waals surface area (Å²) in [5.41, 5.74) is 1.61. The number of para-hydroxylation sites is 1. The molecule has 0 saturated carbocycles. The predicted molar refractivity (Wildman–Crippen MR) is 122 cm³/mol. The van der Waals surface area contributed by atoms with Gasteiger partial charge in [-0.05, 0) is 24.1 Å². The van der Waals surface area contributed by atoms with Gasteiger partial charge in [0.2, 0.25) is 21.1 Å². The third kappa shape index (κ3) is 5.80. The van der Waals surface area contributed by atoms with E-state index in [1.54, 1.807) is 37.3 Å². The van der Waals surface area contributed by atoms with Gasteiger partial charge < -0.3 is 0 Å². The molecule has 1 heterocycles. The Labute approximate surface area is 184 Å². The van der Waals surface area contributed by atoms with Crippen molar-refractivity contribution in [2.75, 3.05) is 15.9 Å². The van der Waals surface area contributed by atoms with Crippen molar-refractivity contribution < 1.29 is 13.2 Å². The maximum absolute atomic E-state index is 12.9. The lowest BCUT2D eigenvalue weighted by molar-refractivity contribution is -0.117. The minimum Gasteiger partial charge on any atom is -0.299 e. The molecule has 0 saturated heterocycles. The van der Waals surface area contributed by atoms with E-state index in [2.05, 4.69) is 15.5 Å². The first-order chi connectivity index (χ1) is 14.4. The maximum Gasteiger partial charge on any atom is 0.250 e. The lowest BCUT2D eigenvalue weighted by Crippen LogP contribution is -2.46. The van der Waals surface area contributed by atoms with Gasteiger partial charge >= 0.3 is 0 Å². The zero-order valence-corrected chi connectivity index (χ0v) is 19.0. The summed E-state index contributed by atoms with van der Waals surface area (Å²) < 4.78 is 26.7. The minimum atomic E-state index is -3.66. The lowest BCUT2D eigenvalue weighted by atomic mass is 10.2. The third-order valence-electron chi connectivity index (χ3n) is 4.18. The summed E-state index contributed by atoms with van der Waals surface area (Å²) in [4.78, 5) is 12.9. The molecule has 0 aliphatic carbocycles. The fraction of sp³-hybridized carbons (Fsp3) is 0.250. The Hall–Kier alpha value is -2.43. The van der Waals surface area contributed by atoms with Crippen LogP contribution in [0, 0.1) is 0 Å². The second-order valence-electron chi connectivity index (χ2n) is 6.46. The Morgan fingerprint density at radius 2 is 1.73 bits per heavy atom. The number of sulfonamides is 1. The number of carbonyl (C=O) groups excluding carboxylic acids is 1. The van der Waals surface area contributed by atoms with E-state index in [-0.39, 0.29) is 0 Å². The largest absolute Gasteiger partial charge is 0.299 e. The number of carbonyl (C=O) groups is 1. The summed E-state index contributed by atoms with van der Waals surface area (Å²) in [6.07, 6.45) is 1.40. The molecule has 7 nitrogen and oxygen atoms in total. The number of nitrogens with zero attached hydrogens (tertiary/aromatic N) is 3. The SMILES string of the molecule is CC[C@@H](C(=O)Nc1nnc(SCc2ccccc2)s1)N(c1ccccc1)S(C)(=O)=O. The minimum absolute atomic E-state index is 0.308. The quantitative estimate of drug-likeness (QED) is 0.381. The number of amides is 1. The molecule has 30 heavy (non-hydrogen) atoms. The average molecular weight is 463 g/mol. The summed E-state index contributed by atoms with van der Waals surface area (Å²) >= 11 is 2.79. The van der Waals surface area contributed by atoms with Gasteiger partial charge in [-0.3, -0.25) is 14.4 Å². The molecule has 10 heteroatoms. The van der Waals surface area contributed by atoms with E-state index >= 15 is 0 Å². The van der Waals surface area contributed by atoms with Crippen LogP contribution in [0.2, 0.25) is 0 Å². The number of aromatic nitrogens is 2. The molecule has 3 aromatic rings. The Morgan fingerprint density at radius 1 is 1.10 bits per heavy atom. The van der Waals surface area contributed by atoms with Crippen molar-refractivity contribution in [2.24, 2.45) is 0 Å². The van der Waals surface area contributed by atoms with E-state index in [0.717, 1.165) is 20.7 Å². The van der Waals surface area contributed by atoms with Crippen molar-refractivity contribution in [3.05, 3.63) is 66.2 Å². The molecule has 1 amide bonds. The number of anilines is 2. The average Bonchev–Trinajstić information content (AvgIpc) is 3.18. The van der Waals surface area contributed by atoms with E-state index in [1.165, 1.54) is 28.7 Å². The molecule has 0 spiro atoms. The van der Waals surface area contributed by atoms with Crippen molar-refractivity contribution in [1.29, 1.82) is 0 Å². The summed E-state index contributed by atoms with van der Waals surface area (Å²) in [5, 5.41) is 11.2. The fourth-order valence-corrected chi connectivity index (χ4v) is 5.78. The van der Waals surface area contributed by atoms with Crippen LogP contribution in [0.3, 0.4) is 0 Å². The molecule has 3 rings (SSSR count). The van der Waals surface area contributed by atoms with Crippen molar-refractivity contribution >= 4 is 49.8 Å². The molecule has 0 bridgehead atoms. The molecule has 1 aromatic heterocycles. The highest BCUT2D eigenvalue weighted by Crippen LogP contribution is 2.29. The summed E-state index contributed by atoms with van der Waals surface area (Å²) in [5.74, 6) is 0.305. The van der Waals surface area contributed by atoms with Gasteiger partial charge in [-0.15, -0.1) is 10.2 Å². The van der Waals surface area contributed by atoms with Gasteiger partial charge in [-0.2, -0.15) is 0 Å². The Kier molecular flexibility index (Phi) is 7.46. The van der Waals surface area contributed by atoms with Crippen molar-refractivity contribution in [2.45, 2.75) is 29.5 Å². The topological polar surface area (TPSA) is 92.3 Å². The number of thioether (sulfide) groups is 1. The van der Waals surface area contributed by atoms with Crippen LogP contribution >= 0.6 is 23.1 Å². The van der Waals surface area contributed by atoms with Crippen LogP contribution in [-0.2, 0) is 20.6 Å². The van der Waals surface area contributed by atoms with Gasteiger partial charge in [0.05, 0.1) is 11.9 Å². The summed E-state index contributed by atoms with van der Waals surface area (Å²) in [7, 11) is -3.66. The van der Waals surface area contributed by atoms with Crippen molar-refractivity contribution in [3.63, 3.8) is 0 Å². The Balaban J connectivity index is 1.71. The van der Waals surface area contributed by atoms with E-state index in [1.807, 2.05) is 30.3 Å². The summed E-state index contributed by atoms with van der Waals surface area (Å²) in [6.45, 7) is 1.77. The molecule has 158 valence electrons. The second kappa shape index (κ2) is 10.1. The number of nitrogens with one attached hydrogen (secondary N) is 1. The van der Waals surface area contributed by atoms with Crippen LogP contribution in [0.25, 0.3) is 0 Å². The van der Waals surface area contributed by atoms with E-state index in [9.17, 15) is 13.2 Å². The normalized spacial score (nSPS) is 12.3. The second-order valence-corrected chi connectivity index (χ2v) is 10.5. The highest BCUT2D eigenvalue weighted by Gasteiger charge is 2.31. The van der Waals surface area contributed by atoms with Gasteiger partial charge in [-0.25, -0.2) is 8.42 Å². The smallest absolute Gasteiger partial charge is 0.250 e. The fourth-order valence-electron chi connectivity index (χ4n) is 2.86. The van der Waals surface area contributed by atoms with E-state index in [4.69, 9.17) is 0 Å². The highest BCUT2D eigenvalue weighted by atomic mass is 32.2. The molecule has 0 radical (unpaired) electrons. The van der Waals surface area contributed by atoms with Crippen LogP contribution in [0.15, 0.2) is 65.0 Å². The van der Waals surface area contributed by atoms with Gasteiger partial charge in [0.1, 0.15) is 6.04 Å². The van der Waals surface area contributed by atoms with Crippen LogP contribution in [0.4, 0.5) is 10.8 Å². The zero-order valence-electron chi connectivity index (χ0n) is 16.6. The first kappa shape index (κ1) is 22.3. The monoisotopic (exact) mass is 462 g/mol. The molecular weight excluding hydrogens is 440 g/mol. The molecule has 1 N–H and O–H groups in total. The maximum atomic E-state index is 12.9. The van der Waals surface area contributed by atoms with Gasteiger partial charge in [0, 0.05) is 5.75 Å². The van der Waals surface area contributed by atoms with Crippen LogP contribution in [0.1, 0.15) is 18.9 Å². The first-order valence-electron chi connectivity index (χ1n) is 9.24. The molecule has 1 atom stereocenters. The third-order valence-corrected chi connectivity index (χ3v) is 7.41. The predicted octanol–water partition coefficient (Wildman–Crippen LogP) is 4.01. The summed E-state index contributed by atoms with van der Waals surface area (Å²) in [6, 6.07) is 17.7. The first-order valence-corrected chi connectivity index (χ1v) is 12.9. The van der Waals surface area contributed by atoms with Crippen LogP contribution in [-0.4, -0.2) is 36.8 Å². The molecule has 0 unspecified atom stereocenters. The molecule has 2 aromatic carbocycles. The standard InChI is InChI=1S/C20H22N4O3S3/c1-3-17(24(30(2,26)27)16-12-8-5-9-13-16)18(25)21-19-22-23-20(29-19)28-14-15-10-6-4-7-11-15/h4-13,17H,3,14H2,1-2H3,(H,21,22,25)/t17-/m0/s1. The van der Waals surface area contributed by atoms with Crippen molar-refractivity contribution in [1.82, 2.24) is 10.2 Å². The molecule has 0 fully saturated rings. The van der Waals surface area contributed by atoms with Gasteiger partial charge in [0.15, 0.2) is 4.34 Å². The van der Waals surface area contributed by atoms with E-state index < -0.39 is 22.0 Å². The van der Waals surface area contributed by atoms with E-state index in [0.29, 0.717) is 17.2 Å². The Morgan fingerprint density at radius 3 is 2.33 bits per heavy atom.